The molecule has 0 aromatic carbocycles. The fraction of sp³-hybridized carbons (Fsp3) is 0. The molecule has 2 unspecified atom stereocenters. The van der Waals surface area contributed by atoms with Gasteiger partial charge in [-0.3, -0.25) is 0 Å². The first-order valence-corrected chi connectivity index (χ1v) is 0. The summed E-state index contributed by atoms with van der Waals surface area (Å²) in [5, 5.41) is 0. The summed E-state index contributed by atoms with van der Waals surface area (Å²) >= 11 is 0. The molecule has 0 saturated carbocycles. The predicted molar refractivity (Wildman–Crippen MR) is 47.3 cm³/mol. The van der Waals surface area contributed by atoms with E-state index in [2.05, 4.69) is 0 Å². The minimum atomic E-state index is 0. The monoisotopic (exact) mass is 336 g/mol. The Morgan fingerprint density at radius 3 is 0.455 bits per heavy atom. The van der Waals surface area contributed by atoms with Crippen molar-refractivity contribution in [3.63, 3.8) is 0 Å². The second kappa shape index (κ2) is 186. The van der Waals surface area contributed by atoms with E-state index in [1.54, 1.807) is 0 Å². The van der Waals surface area contributed by atoms with Crippen molar-refractivity contribution in [2.75, 3.05) is 0 Å². The van der Waals surface area contributed by atoms with E-state index in [0.29, 0.717) is 0 Å². The van der Waals surface area contributed by atoms with Crippen molar-refractivity contribution in [2.45, 2.75) is 0 Å². The molecular formula is H6Al2Mn2O3P2Si2. The van der Waals surface area contributed by atoms with Crippen LogP contribution in [-0.2, 0) is 50.6 Å². The second-order valence-corrected chi connectivity index (χ2v) is 0. The van der Waals surface area contributed by atoms with Crippen LogP contribution in [0.5, 0.6) is 0 Å². The van der Waals surface area contributed by atoms with Crippen LogP contribution >= 0.6 is 19.8 Å². The van der Waals surface area contributed by atoms with Crippen LogP contribution in [0.4, 0.5) is 0 Å². The van der Waals surface area contributed by atoms with Crippen LogP contribution in [0.2, 0.25) is 0 Å². The third-order valence-electron chi connectivity index (χ3n) is 0. The summed E-state index contributed by atoms with van der Waals surface area (Å²) in [5.74, 6) is 0. The predicted octanol–water partition coefficient (Wildman–Crippen LogP) is -1.77. The maximum absolute atomic E-state index is 0. The van der Waals surface area contributed by atoms with E-state index in [-0.39, 0.29) is 127 Å². The molecule has 0 fully saturated rings. The van der Waals surface area contributed by atoms with Crippen LogP contribution in [0.3, 0.4) is 0 Å². The largest absolute Gasteiger partial charge is 3.00 e. The first kappa shape index (κ1) is 234. The molecule has 10 radical (unpaired) electrons. The molecule has 3 nitrogen and oxygen atoms in total. The van der Waals surface area contributed by atoms with Gasteiger partial charge in [0.15, 0.2) is 0 Å². The van der Waals surface area contributed by atoms with Crippen molar-refractivity contribution in [3.8, 4) is 0 Å². The van der Waals surface area contributed by atoms with Crippen LogP contribution in [0.25, 0.3) is 0 Å². The summed E-state index contributed by atoms with van der Waals surface area (Å²) in [6.45, 7) is 0. The van der Waals surface area contributed by atoms with E-state index in [4.69, 9.17) is 0 Å². The van der Waals surface area contributed by atoms with Crippen molar-refractivity contribution in [2.24, 2.45) is 0 Å². The van der Waals surface area contributed by atoms with Gasteiger partial charge in [-0.1, -0.05) is 0 Å². The molecule has 0 N–H and O–H groups in total. The van der Waals surface area contributed by atoms with Crippen LogP contribution in [0.15, 0.2) is 0 Å². The van der Waals surface area contributed by atoms with Crippen molar-refractivity contribution in [1.82, 2.24) is 0 Å². The Morgan fingerprint density at radius 1 is 0.455 bits per heavy atom. The molecule has 11 heteroatoms. The summed E-state index contributed by atoms with van der Waals surface area (Å²) in [6, 6.07) is 0. The summed E-state index contributed by atoms with van der Waals surface area (Å²) in [4.78, 5) is 0. The third-order valence-corrected chi connectivity index (χ3v) is 0. The normalized spacial score (nSPS) is 0. The van der Waals surface area contributed by atoms with Crippen molar-refractivity contribution < 1.29 is 50.6 Å². The van der Waals surface area contributed by atoms with Crippen LogP contribution in [-0.4, -0.2) is 56.7 Å². The van der Waals surface area contributed by atoms with E-state index >= 15 is 0 Å². The standard InChI is InChI=1S/2Al.2Mn.3O.2H3P.2Si/h;;;;;;;2*1H3;;/q2*+3;;;3*-2;;;;. The number of hydrogen-bond donors (Lipinski definition) is 0. The van der Waals surface area contributed by atoms with Gasteiger partial charge >= 0.3 is 34.7 Å². The maximum Gasteiger partial charge on any atom is 3.00 e. The Kier molecular flexibility index (Phi) is 3970. The molecule has 0 bridgehead atoms. The smallest absolute Gasteiger partial charge is 2.00 e. The van der Waals surface area contributed by atoms with Gasteiger partial charge in [-0.05, 0) is 0 Å². The van der Waals surface area contributed by atoms with Gasteiger partial charge in [0.05, 0.1) is 0 Å². The summed E-state index contributed by atoms with van der Waals surface area (Å²) < 4.78 is 0. The average molecular weight is 336 g/mol. The van der Waals surface area contributed by atoms with E-state index in [1.807, 2.05) is 0 Å². The fourth-order valence-corrected chi connectivity index (χ4v) is 0. The molecule has 0 heterocycles. The molecule has 2 atom stereocenters. The molecule has 0 spiro atoms. The van der Waals surface area contributed by atoms with Crippen LogP contribution in [0.1, 0.15) is 0 Å². The van der Waals surface area contributed by atoms with Crippen molar-refractivity contribution in [3.05, 3.63) is 0 Å². The zero-order valence-electron chi connectivity index (χ0n) is 5.55. The maximum atomic E-state index is 0. The Hall–Kier alpha value is 3.28. The van der Waals surface area contributed by atoms with E-state index in [9.17, 15) is 0 Å². The molecule has 0 aromatic rings. The zero-order chi connectivity index (χ0) is 0. The Labute approximate surface area is 126 Å². The van der Waals surface area contributed by atoms with Crippen molar-refractivity contribution in [1.29, 1.82) is 0 Å². The molecule has 0 saturated heterocycles. The molecule has 0 aliphatic rings. The minimum Gasteiger partial charge on any atom is -2.00 e. The topological polar surface area (TPSA) is 85.5 Å². The van der Waals surface area contributed by atoms with Crippen LogP contribution < -0.4 is 0 Å². The Morgan fingerprint density at radius 2 is 0.455 bits per heavy atom. The summed E-state index contributed by atoms with van der Waals surface area (Å²) in [5.41, 5.74) is 0. The molecule has 0 rings (SSSR count). The summed E-state index contributed by atoms with van der Waals surface area (Å²) in [7, 11) is 0. The van der Waals surface area contributed by atoms with Crippen LogP contribution in [0, 0.1) is 0 Å². The van der Waals surface area contributed by atoms with E-state index in [0.717, 1.165) is 0 Å². The molecule has 0 amide bonds. The minimum absolute atomic E-state index is 0. The van der Waals surface area contributed by atoms with Gasteiger partial charge in [-0.25, -0.2) is 0 Å². The van der Waals surface area contributed by atoms with Gasteiger partial charge < -0.3 is 16.4 Å². The quantitative estimate of drug-likeness (QED) is 0.371. The second-order valence-electron chi connectivity index (χ2n) is 0. The van der Waals surface area contributed by atoms with Gasteiger partial charge in [-0.15, -0.1) is 0 Å². The number of rotatable bonds is 0. The SMILES string of the molecule is P.P.[Al+3].[Al+3].[Mn].[Mn].[O-2].[O-2].[O-2].[Si].[Si]. The fourth-order valence-electron chi connectivity index (χ4n) is 0. The molecule has 11 heavy (non-hydrogen) atoms. The average Bonchev–Trinajstić information content (AvgIpc) is 0. The van der Waals surface area contributed by atoms with E-state index in [1.165, 1.54) is 0 Å². The van der Waals surface area contributed by atoms with Gasteiger partial charge in [-0.2, -0.15) is 19.8 Å². The molecule has 0 aromatic heterocycles. The van der Waals surface area contributed by atoms with E-state index < -0.39 is 0 Å². The molecule has 0 aliphatic carbocycles. The first-order chi connectivity index (χ1) is 0. The summed E-state index contributed by atoms with van der Waals surface area (Å²) in [6.07, 6.45) is 0. The Balaban J connectivity index is 0. The van der Waals surface area contributed by atoms with Gasteiger partial charge in [0.2, 0.25) is 0 Å². The third kappa shape index (κ3) is 157. The molecular weight excluding hydrogens is 330 g/mol. The van der Waals surface area contributed by atoms with Gasteiger partial charge in [0, 0.05) is 56.1 Å². The molecule has 62 valence electrons. The van der Waals surface area contributed by atoms with Gasteiger partial charge in [0.25, 0.3) is 0 Å². The number of hydrogen-bond acceptors (Lipinski definition) is 0. The first-order valence-electron chi connectivity index (χ1n) is 0. The van der Waals surface area contributed by atoms with Gasteiger partial charge in [0.1, 0.15) is 0 Å². The zero-order valence-corrected chi connectivity index (χ0v) is 15.0. The Bertz CT molecular complexity index is 25.3. The molecule has 0 aliphatic heterocycles. The van der Waals surface area contributed by atoms with Crippen molar-refractivity contribution >= 4 is 76.5 Å².